The van der Waals surface area contributed by atoms with Gasteiger partial charge in [-0.2, -0.15) is 0 Å². The molecule has 0 bridgehead atoms. The van der Waals surface area contributed by atoms with Gasteiger partial charge in [-0.3, -0.25) is 4.79 Å². The molecule has 0 aliphatic carbocycles. The van der Waals surface area contributed by atoms with Crippen LogP contribution >= 0.6 is 0 Å². The maximum Gasteiger partial charge on any atom is 0.237 e. The van der Waals surface area contributed by atoms with Crippen LogP contribution in [0, 0.1) is 0 Å². The minimum Gasteiger partial charge on any atom is -0.493 e. The lowest BCUT2D eigenvalue weighted by atomic mass is 9.73. The van der Waals surface area contributed by atoms with Gasteiger partial charge in [-0.1, -0.05) is 30.3 Å². The van der Waals surface area contributed by atoms with E-state index in [0.29, 0.717) is 37.6 Å². The van der Waals surface area contributed by atoms with E-state index in [2.05, 4.69) is 0 Å². The van der Waals surface area contributed by atoms with E-state index in [-0.39, 0.29) is 5.91 Å². The first-order valence-electron chi connectivity index (χ1n) is 8.76. The molecule has 0 aromatic heterocycles. The molecule has 1 amide bonds. The monoisotopic (exact) mass is 355 g/mol. The highest BCUT2D eigenvalue weighted by atomic mass is 16.5. The molecule has 0 radical (unpaired) electrons. The fourth-order valence-corrected chi connectivity index (χ4v) is 3.57. The van der Waals surface area contributed by atoms with Gasteiger partial charge in [-0.05, 0) is 30.5 Å². The van der Waals surface area contributed by atoms with Crippen LogP contribution < -0.4 is 14.4 Å². The van der Waals surface area contributed by atoms with Gasteiger partial charge in [-0.25, -0.2) is 0 Å². The molecule has 1 aliphatic heterocycles. The van der Waals surface area contributed by atoms with E-state index in [1.54, 1.807) is 19.1 Å². The van der Waals surface area contributed by atoms with Gasteiger partial charge in [0.1, 0.15) is 0 Å². The molecule has 1 aliphatic rings. The number of benzene rings is 2. The summed E-state index contributed by atoms with van der Waals surface area (Å²) in [4.78, 5) is 15.3. The number of carbonyl (C=O) groups excluding carboxylic acids is 1. The van der Waals surface area contributed by atoms with Gasteiger partial charge < -0.3 is 19.1 Å². The number of methoxy groups -OCH3 is 2. The van der Waals surface area contributed by atoms with Gasteiger partial charge >= 0.3 is 0 Å². The molecule has 5 heteroatoms. The maximum absolute atomic E-state index is 13.6. The van der Waals surface area contributed by atoms with Crippen molar-refractivity contribution in [2.24, 2.45) is 0 Å². The summed E-state index contributed by atoms with van der Waals surface area (Å²) in [5.74, 6) is 1.31. The number of likely N-dealkylation sites (N-methyl/N-ethyl adjacent to an activating group) is 1. The summed E-state index contributed by atoms with van der Waals surface area (Å²) >= 11 is 0. The number of rotatable bonds is 5. The molecule has 5 nitrogen and oxygen atoms in total. The Hall–Kier alpha value is -2.53. The fourth-order valence-electron chi connectivity index (χ4n) is 3.57. The highest BCUT2D eigenvalue weighted by Crippen LogP contribution is 2.39. The Bertz CT molecular complexity index is 754. The van der Waals surface area contributed by atoms with Crippen LogP contribution in [0.15, 0.2) is 48.5 Å². The SMILES string of the molecule is COc1ccc(N(C)C(=O)C2(c3ccccc3)CCOCC2)cc1OC. The number of hydrogen-bond donors (Lipinski definition) is 0. The smallest absolute Gasteiger partial charge is 0.237 e. The molecular weight excluding hydrogens is 330 g/mol. The molecule has 0 saturated carbocycles. The van der Waals surface area contributed by atoms with Gasteiger partial charge in [0.05, 0.1) is 19.6 Å². The van der Waals surface area contributed by atoms with Crippen molar-refractivity contribution in [1.82, 2.24) is 0 Å². The van der Waals surface area contributed by atoms with Crippen molar-refractivity contribution >= 4 is 11.6 Å². The molecule has 0 N–H and O–H groups in total. The number of ether oxygens (including phenoxy) is 3. The maximum atomic E-state index is 13.6. The topological polar surface area (TPSA) is 48.0 Å². The Morgan fingerprint density at radius 1 is 1.00 bits per heavy atom. The molecule has 1 saturated heterocycles. The van der Waals surface area contributed by atoms with Crippen LogP contribution in [0.2, 0.25) is 0 Å². The van der Waals surface area contributed by atoms with Crippen molar-refractivity contribution in [3.05, 3.63) is 54.1 Å². The van der Waals surface area contributed by atoms with Gasteiger partial charge in [0.25, 0.3) is 0 Å². The van der Waals surface area contributed by atoms with Crippen LogP contribution in [0.3, 0.4) is 0 Å². The average Bonchev–Trinajstić information content (AvgIpc) is 2.73. The van der Waals surface area contributed by atoms with E-state index in [1.807, 2.05) is 55.6 Å². The van der Waals surface area contributed by atoms with Crippen molar-refractivity contribution in [2.45, 2.75) is 18.3 Å². The summed E-state index contributed by atoms with van der Waals surface area (Å²) in [5, 5.41) is 0. The van der Waals surface area contributed by atoms with Crippen LogP contribution in [0.1, 0.15) is 18.4 Å². The van der Waals surface area contributed by atoms with E-state index in [9.17, 15) is 4.79 Å². The normalized spacial score (nSPS) is 16.0. The second-order valence-electron chi connectivity index (χ2n) is 6.46. The number of carbonyl (C=O) groups is 1. The van der Waals surface area contributed by atoms with E-state index in [0.717, 1.165) is 11.3 Å². The molecule has 26 heavy (non-hydrogen) atoms. The van der Waals surface area contributed by atoms with Gasteiger partial charge in [-0.15, -0.1) is 0 Å². The van der Waals surface area contributed by atoms with Crippen molar-refractivity contribution in [1.29, 1.82) is 0 Å². The average molecular weight is 355 g/mol. The Balaban J connectivity index is 1.97. The molecule has 2 aromatic carbocycles. The molecule has 138 valence electrons. The first kappa shape index (κ1) is 18.3. The van der Waals surface area contributed by atoms with Crippen molar-refractivity contribution < 1.29 is 19.0 Å². The van der Waals surface area contributed by atoms with Crippen LogP contribution in [0.5, 0.6) is 11.5 Å². The van der Waals surface area contributed by atoms with Gasteiger partial charge in [0.2, 0.25) is 5.91 Å². The summed E-state index contributed by atoms with van der Waals surface area (Å²) in [7, 11) is 5.00. The van der Waals surface area contributed by atoms with Crippen LogP contribution in [-0.4, -0.2) is 40.4 Å². The minimum absolute atomic E-state index is 0.0687. The van der Waals surface area contributed by atoms with Gasteiger partial charge in [0, 0.05) is 32.0 Å². The van der Waals surface area contributed by atoms with Crippen molar-refractivity contribution in [3.8, 4) is 11.5 Å². The lowest BCUT2D eigenvalue weighted by Crippen LogP contribution is -2.48. The molecule has 1 fully saturated rings. The zero-order chi connectivity index (χ0) is 18.6. The lowest BCUT2D eigenvalue weighted by molar-refractivity contribution is -0.127. The van der Waals surface area contributed by atoms with Crippen LogP contribution in [0.25, 0.3) is 0 Å². The van der Waals surface area contributed by atoms with Crippen LogP contribution in [-0.2, 0) is 14.9 Å². The highest BCUT2D eigenvalue weighted by Gasteiger charge is 2.43. The number of nitrogens with zero attached hydrogens (tertiary/aromatic N) is 1. The predicted molar refractivity (Wildman–Crippen MR) is 101 cm³/mol. The minimum atomic E-state index is -0.568. The van der Waals surface area contributed by atoms with Crippen LogP contribution in [0.4, 0.5) is 5.69 Å². The largest absolute Gasteiger partial charge is 0.493 e. The van der Waals surface area contributed by atoms with E-state index in [1.165, 1.54) is 0 Å². The fraction of sp³-hybridized carbons (Fsp3) is 0.381. The third-order valence-corrected chi connectivity index (χ3v) is 5.14. The Kier molecular flexibility index (Phi) is 5.47. The first-order chi connectivity index (χ1) is 12.6. The Morgan fingerprint density at radius 2 is 1.65 bits per heavy atom. The van der Waals surface area contributed by atoms with E-state index < -0.39 is 5.41 Å². The van der Waals surface area contributed by atoms with Gasteiger partial charge in [0.15, 0.2) is 11.5 Å². The zero-order valence-electron chi connectivity index (χ0n) is 15.5. The standard InChI is InChI=1S/C21H25NO4/c1-22(17-9-10-18(24-2)19(15-17)25-3)20(23)21(11-13-26-14-12-21)16-7-5-4-6-8-16/h4-10,15H,11-14H2,1-3H3. The highest BCUT2D eigenvalue weighted by molar-refractivity contribution is 6.01. The Labute approximate surface area is 154 Å². The van der Waals surface area contributed by atoms with E-state index in [4.69, 9.17) is 14.2 Å². The summed E-state index contributed by atoms with van der Waals surface area (Å²) in [6.45, 7) is 1.17. The zero-order valence-corrected chi connectivity index (χ0v) is 15.5. The first-order valence-corrected chi connectivity index (χ1v) is 8.76. The molecular formula is C21H25NO4. The third kappa shape index (κ3) is 3.27. The Morgan fingerprint density at radius 3 is 2.27 bits per heavy atom. The second kappa shape index (κ2) is 7.79. The summed E-state index contributed by atoms with van der Waals surface area (Å²) in [6, 6.07) is 15.5. The molecule has 0 spiro atoms. The number of anilines is 1. The third-order valence-electron chi connectivity index (χ3n) is 5.14. The molecule has 2 aromatic rings. The summed E-state index contributed by atoms with van der Waals surface area (Å²) in [5.41, 5.74) is 1.25. The quantitative estimate of drug-likeness (QED) is 0.825. The van der Waals surface area contributed by atoms with Crippen molar-refractivity contribution in [3.63, 3.8) is 0 Å². The molecule has 3 rings (SSSR count). The number of hydrogen-bond acceptors (Lipinski definition) is 4. The van der Waals surface area contributed by atoms with E-state index >= 15 is 0 Å². The second-order valence-corrected chi connectivity index (χ2v) is 6.46. The molecule has 0 unspecified atom stereocenters. The summed E-state index contributed by atoms with van der Waals surface area (Å²) in [6.07, 6.45) is 1.35. The summed E-state index contributed by atoms with van der Waals surface area (Å²) < 4.78 is 16.2. The molecule has 1 heterocycles. The number of amides is 1. The molecule has 0 atom stereocenters. The van der Waals surface area contributed by atoms with Crippen molar-refractivity contribution in [2.75, 3.05) is 39.4 Å². The lowest BCUT2D eigenvalue weighted by Gasteiger charge is -2.39. The predicted octanol–water partition coefficient (Wildman–Crippen LogP) is 3.42.